The second kappa shape index (κ2) is 11.2. The van der Waals surface area contributed by atoms with Crippen molar-refractivity contribution in [1.29, 1.82) is 0 Å². The Balaban J connectivity index is 1.60. The molecule has 1 aromatic heterocycles. The van der Waals surface area contributed by atoms with E-state index in [2.05, 4.69) is 38.9 Å². The van der Waals surface area contributed by atoms with Gasteiger partial charge in [-0.1, -0.05) is 35.5 Å². The predicted molar refractivity (Wildman–Crippen MR) is 141 cm³/mol. The number of carbonyl (C=O) groups excluding carboxylic acids is 1. The Hall–Kier alpha value is -3.01. The van der Waals surface area contributed by atoms with Crippen molar-refractivity contribution in [3.8, 4) is 5.88 Å². The van der Waals surface area contributed by atoms with Crippen LogP contribution in [-0.4, -0.2) is 68.1 Å². The largest absolute Gasteiger partial charge is 0.472 e. The average Bonchev–Trinajstić information content (AvgIpc) is 2.84. The van der Waals surface area contributed by atoms with Gasteiger partial charge in [-0.3, -0.25) is 4.79 Å². The van der Waals surface area contributed by atoms with Gasteiger partial charge in [0, 0.05) is 50.9 Å². The summed E-state index contributed by atoms with van der Waals surface area (Å²) in [5, 5.41) is 0.306. The Morgan fingerprint density at radius 1 is 1.17 bits per heavy atom. The number of ether oxygens (including phenoxy) is 1. The number of benzene rings is 2. The van der Waals surface area contributed by atoms with Crippen molar-refractivity contribution in [2.24, 2.45) is 5.73 Å². The lowest BCUT2D eigenvalue weighted by molar-refractivity contribution is 0.100. The Bertz CT molecular complexity index is 1200. The van der Waals surface area contributed by atoms with E-state index in [1.807, 2.05) is 26.2 Å². The number of nitrogens with zero attached hydrogens (tertiary/aromatic N) is 5. The zero-order valence-electron chi connectivity index (χ0n) is 20.1. The summed E-state index contributed by atoms with van der Waals surface area (Å²) in [5.74, 6) is 0.598. The Labute approximate surface area is 215 Å². The minimum atomic E-state index is -0.560. The Kier molecular flexibility index (Phi) is 8.00. The van der Waals surface area contributed by atoms with Crippen molar-refractivity contribution >= 4 is 40.9 Å². The molecule has 4 rings (SSSR count). The molecule has 0 radical (unpaired) electrons. The molecule has 35 heavy (non-hydrogen) atoms. The van der Waals surface area contributed by atoms with Crippen LogP contribution in [0.2, 0.25) is 5.02 Å². The van der Waals surface area contributed by atoms with E-state index in [4.69, 9.17) is 27.1 Å². The molecule has 1 amide bonds. The van der Waals surface area contributed by atoms with Gasteiger partial charge in [-0.2, -0.15) is 4.98 Å². The molecule has 184 valence electrons. The van der Waals surface area contributed by atoms with Gasteiger partial charge in [0.2, 0.25) is 17.7 Å². The molecule has 1 fully saturated rings. The molecule has 0 spiro atoms. The van der Waals surface area contributed by atoms with Crippen LogP contribution in [0.15, 0.2) is 58.5 Å². The van der Waals surface area contributed by atoms with Gasteiger partial charge in [0.25, 0.3) is 0 Å². The minimum Gasteiger partial charge on any atom is -0.472 e. The maximum absolute atomic E-state index is 11.5. The SMILES string of the molecule is CN1CCN(c2ncc(Sc3ccc(C(N)=O)c(Cl)c3)c(OCc3cccc(N(C)C)c3)n2)CC1. The highest BCUT2D eigenvalue weighted by atomic mass is 35.5. The van der Waals surface area contributed by atoms with Crippen LogP contribution in [0.5, 0.6) is 5.88 Å². The fourth-order valence-corrected chi connectivity index (χ4v) is 4.84. The van der Waals surface area contributed by atoms with Crippen molar-refractivity contribution in [3.63, 3.8) is 0 Å². The zero-order valence-corrected chi connectivity index (χ0v) is 21.6. The number of primary amides is 1. The first-order chi connectivity index (χ1) is 16.8. The molecule has 0 unspecified atom stereocenters. The van der Waals surface area contributed by atoms with Gasteiger partial charge in [-0.15, -0.1) is 0 Å². The van der Waals surface area contributed by atoms with Gasteiger partial charge in [0.15, 0.2) is 0 Å². The lowest BCUT2D eigenvalue weighted by Gasteiger charge is -2.32. The van der Waals surface area contributed by atoms with Gasteiger partial charge in [0.1, 0.15) is 6.61 Å². The van der Waals surface area contributed by atoms with Crippen LogP contribution in [0.4, 0.5) is 11.6 Å². The van der Waals surface area contributed by atoms with Gasteiger partial charge < -0.3 is 25.2 Å². The Morgan fingerprint density at radius 3 is 2.63 bits per heavy atom. The average molecular weight is 513 g/mol. The van der Waals surface area contributed by atoms with Crippen LogP contribution >= 0.6 is 23.4 Å². The van der Waals surface area contributed by atoms with E-state index in [0.717, 1.165) is 47.2 Å². The van der Waals surface area contributed by atoms with Crippen molar-refractivity contribution < 1.29 is 9.53 Å². The third kappa shape index (κ3) is 6.36. The maximum atomic E-state index is 11.5. The van der Waals surface area contributed by atoms with E-state index in [1.165, 1.54) is 11.8 Å². The summed E-state index contributed by atoms with van der Waals surface area (Å²) < 4.78 is 6.24. The van der Waals surface area contributed by atoms with Crippen LogP contribution in [-0.2, 0) is 6.61 Å². The van der Waals surface area contributed by atoms with E-state index >= 15 is 0 Å². The Morgan fingerprint density at radius 2 is 1.94 bits per heavy atom. The van der Waals surface area contributed by atoms with E-state index in [1.54, 1.807) is 24.4 Å². The molecule has 8 nitrogen and oxygen atoms in total. The maximum Gasteiger partial charge on any atom is 0.250 e. The van der Waals surface area contributed by atoms with Crippen molar-refractivity contribution in [2.75, 3.05) is 57.1 Å². The minimum absolute atomic E-state index is 0.287. The van der Waals surface area contributed by atoms with E-state index in [-0.39, 0.29) is 5.56 Å². The summed E-state index contributed by atoms with van der Waals surface area (Å²) in [6, 6.07) is 13.3. The number of rotatable bonds is 8. The van der Waals surface area contributed by atoms with E-state index in [9.17, 15) is 4.79 Å². The molecule has 0 bridgehead atoms. The highest BCUT2D eigenvalue weighted by Crippen LogP contribution is 2.36. The molecule has 1 aliphatic rings. The topological polar surface area (TPSA) is 87.8 Å². The normalized spacial score (nSPS) is 14.1. The molecule has 0 aliphatic carbocycles. The molecule has 1 saturated heterocycles. The van der Waals surface area contributed by atoms with Crippen molar-refractivity contribution in [1.82, 2.24) is 14.9 Å². The number of likely N-dealkylation sites (N-methyl/N-ethyl adjacent to an activating group) is 1. The second-order valence-corrected chi connectivity index (χ2v) is 10.1. The number of piperazine rings is 1. The van der Waals surface area contributed by atoms with Gasteiger partial charge in [-0.25, -0.2) is 4.98 Å². The zero-order chi connectivity index (χ0) is 24.9. The quantitative estimate of drug-likeness (QED) is 0.488. The molecule has 10 heteroatoms. The van der Waals surface area contributed by atoms with Crippen LogP contribution in [0, 0.1) is 0 Å². The van der Waals surface area contributed by atoms with Crippen LogP contribution < -0.4 is 20.3 Å². The number of hydrogen-bond acceptors (Lipinski definition) is 8. The fourth-order valence-electron chi connectivity index (χ4n) is 3.64. The monoisotopic (exact) mass is 512 g/mol. The molecule has 2 aromatic carbocycles. The van der Waals surface area contributed by atoms with Crippen LogP contribution in [0.3, 0.4) is 0 Å². The van der Waals surface area contributed by atoms with Crippen molar-refractivity contribution in [2.45, 2.75) is 16.4 Å². The molecular formula is C25H29ClN6O2S. The summed E-state index contributed by atoms with van der Waals surface area (Å²) in [5.41, 5.74) is 7.81. The van der Waals surface area contributed by atoms with Gasteiger partial charge in [-0.05, 0) is 42.9 Å². The number of nitrogens with two attached hydrogens (primary N) is 1. The molecular weight excluding hydrogens is 484 g/mol. The predicted octanol–water partition coefficient (Wildman–Crippen LogP) is 3.78. The molecule has 3 aromatic rings. The first-order valence-corrected chi connectivity index (χ1v) is 12.5. The van der Waals surface area contributed by atoms with E-state index < -0.39 is 5.91 Å². The lowest BCUT2D eigenvalue weighted by Crippen LogP contribution is -2.45. The third-order valence-electron chi connectivity index (χ3n) is 5.73. The third-order valence-corrected chi connectivity index (χ3v) is 7.03. The number of anilines is 2. The number of hydrogen-bond donors (Lipinski definition) is 1. The van der Waals surface area contributed by atoms with Gasteiger partial charge >= 0.3 is 0 Å². The smallest absolute Gasteiger partial charge is 0.250 e. The summed E-state index contributed by atoms with van der Waals surface area (Å²) >= 11 is 7.69. The highest BCUT2D eigenvalue weighted by molar-refractivity contribution is 7.99. The number of halogens is 1. The second-order valence-electron chi connectivity index (χ2n) is 8.59. The summed E-state index contributed by atoms with van der Waals surface area (Å²) in [7, 11) is 6.13. The standard InChI is InChI=1S/C25H29ClN6O2S/c1-30(2)18-6-4-5-17(13-18)16-34-24-22(35-19-7-8-20(23(27)33)21(26)14-19)15-28-25(29-24)32-11-9-31(3)10-12-32/h4-8,13-15H,9-12,16H2,1-3H3,(H2,27,33). The number of amides is 1. The first kappa shape index (κ1) is 25.1. The fraction of sp³-hybridized carbons (Fsp3) is 0.320. The summed E-state index contributed by atoms with van der Waals surface area (Å²) in [4.78, 5) is 29.0. The molecule has 2 N–H and O–H groups in total. The van der Waals surface area contributed by atoms with Crippen LogP contribution in [0.1, 0.15) is 15.9 Å². The molecule has 0 atom stereocenters. The van der Waals surface area contributed by atoms with E-state index in [0.29, 0.717) is 23.5 Å². The lowest BCUT2D eigenvalue weighted by atomic mass is 10.2. The molecule has 1 aliphatic heterocycles. The summed E-state index contributed by atoms with van der Waals surface area (Å²) in [6.07, 6.45) is 1.78. The van der Waals surface area contributed by atoms with Crippen LogP contribution in [0.25, 0.3) is 0 Å². The number of carbonyl (C=O) groups is 1. The number of aromatic nitrogens is 2. The summed E-state index contributed by atoms with van der Waals surface area (Å²) in [6.45, 7) is 4.00. The first-order valence-electron chi connectivity index (χ1n) is 11.3. The van der Waals surface area contributed by atoms with Gasteiger partial charge in [0.05, 0.1) is 21.7 Å². The molecule has 2 heterocycles. The molecule has 0 saturated carbocycles. The van der Waals surface area contributed by atoms with Crippen molar-refractivity contribution in [3.05, 3.63) is 64.8 Å². The highest BCUT2D eigenvalue weighted by Gasteiger charge is 2.20.